The third kappa shape index (κ3) is 4.47. The van der Waals surface area contributed by atoms with E-state index in [1.54, 1.807) is 48.0 Å². The van der Waals surface area contributed by atoms with Gasteiger partial charge in [-0.15, -0.1) is 0 Å². The summed E-state index contributed by atoms with van der Waals surface area (Å²) in [6.45, 7) is 2.08. The van der Waals surface area contributed by atoms with Gasteiger partial charge < -0.3 is 9.30 Å². The molecular formula is C23H16F5N3O2S. The van der Waals surface area contributed by atoms with Gasteiger partial charge in [0.25, 0.3) is 0 Å². The number of thioether (sulfide) groups is 1. The molecule has 5 nitrogen and oxygen atoms in total. The van der Waals surface area contributed by atoms with Crippen LogP contribution in [-0.4, -0.2) is 27.1 Å². The molecule has 2 heterocycles. The third-order valence-electron chi connectivity index (χ3n) is 4.92. The maximum absolute atomic E-state index is 14.1. The number of halogens is 5. The van der Waals surface area contributed by atoms with Crippen molar-refractivity contribution in [3.8, 4) is 0 Å². The monoisotopic (exact) mass is 493 g/mol. The Hall–Kier alpha value is -3.47. The minimum atomic E-state index is -2.21. The van der Waals surface area contributed by atoms with Crippen molar-refractivity contribution in [1.82, 2.24) is 14.5 Å². The fourth-order valence-corrected chi connectivity index (χ4v) is 4.29. The second-order valence-corrected chi connectivity index (χ2v) is 8.01. The lowest BCUT2D eigenvalue weighted by Gasteiger charge is -2.10. The molecule has 11 heteroatoms. The minimum Gasteiger partial charge on any atom is -0.462 e. The van der Waals surface area contributed by atoms with Gasteiger partial charge in [0.2, 0.25) is 5.82 Å². The Balaban J connectivity index is 1.75. The van der Waals surface area contributed by atoms with Crippen LogP contribution in [0.1, 0.15) is 28.5 Å². The molecule has 0 spiro atoms. The van der Waals surface area contributed by atoms with Crippen LogP contribution >= 0.6 is 11.8 Å². The van der Waals surface area contributed by atoms with Gasteiger partial charge in [-0.05, 0) is 37.3 Å². The van der Waals surface area contributed by atoms with Crippen molar-refractivity contribution in [2.75, 3.05) is 6.61 Å². The highest BCUT2D eigenvalue weighted by Crippen LogP contribution is 2.32. The standard InChI is InChI=1S/C23H16F5N3O2S/c1-2-33-22(32)12-6-7-16-15(9-12)30-23(31(16)10-13-5-3-4-8-29-13)34-11-14-17(24)19(26)21(28)20(27)18(14)25/h3-9H,2,10-11H2,1H3. The summed E-state index contributed by atoms with van der Waals surface area (Å²) in [7, 11) is 0. The average Bonchev–Trinajstić information content (AvgIpc) is 3.18. The van der Waals surface area contributed by atoms with E-state index in [1.807, 2.05) is 0 Å². The van der Waals surface area contributed by atoms with Gasteiger partial charge in [0, 0.05) is 17.5 Å². The fourth-order valence-electron chi connectivity index (χ4n) is 3.28. The van der Waals surface area contributed by atoms with Gasteiger partial charge in [0.15, 0.2) is 28.4 Å². The van der Waals surface area contributed by atoms with Crippen LogP contribution < -0.4 is 0 Å². The molecule has 0 amide bonds. The molecule has 0 bridgehead atoms. The van der Waals surface area contributed by atoms with Crippen molar-refractivity contribution in [3.63, 3.8) is 0 Å². The van der Waals surface area contributed by atoms with Crippen LogP contribution in [0.25, 0.3) is 11.0 Å². The molecule has 2 aromatic carbocycles. The van der Waals surface area contributed by atoms with Crippen molar-refractivity contribution in [3.05, 3.63) is 88.5 Å². The molecule has 0 N–H and O–H groups in total. The molecule has 0 saturated carbocycles. The van der Waals surface area contributed by atoms with Crippen molar-refractivity contribution in [1.29, 1.82) is 0 Å². The second-order valence-electron chi connectivity index (χ2n) is 7.06. The number of hydrogen-bond donors (Lipinski definition) is 0. The van der Waals surface area contributed by atoms with E-state index < -0.39 is 46.4 Å². The second kappa shape index (κ2) is 9.80. The lowest BCUT2D eigenvalue weighted by atomic mass is 10.2. The van der Waals surface area contributed by atoms with Gasteiger partial charge in [0.05, 0.1) is 35.4 Å². The van der Waals surface area contributed by atoms with Gasteiger partial charge >= 0.3 is 5.97 Å². The Morgan fingerprint density at radius 1 is 1.00 bits per heavy atom. The number of hydrogen-bond acceptors (Lipinski definition) is 5. The summed E-state index contributed by atoms with van der Waals surface area (Å²) < 4.78 is 75.6. The van der Waals surface area contributed by atoms with Gasteiger partial charge in [0.1, 0.15) is 0 Å². The van der Waals surface area contributed by atoms with E-state index in [0.717, 1.165) is 11.8 Å². The first-order chi connectivity index (χ1) is 16.3. The highest BCUT2D eigenvalue weighted by Gasteiger charge is 2.26. The lowest BCUT2D eigenvalue weighted by molar-refractivity contribution is 0.0526. The summed E-state index contributed by atoms with van der Waals surface area (Å²) in [6.07, 6.45) is 1.59. The normalized spacial score (nSPS) is 11.2. The Morgan fingerprint density at radius 2 is 1.71 bits per heavy atom. The molecule has 176 valence electrons. The van der Waals surface area contributed by atoms with E-state index in [-0.39, 0.29) is 23.9 Å². The van der Waals surface area contributed by atoms with Crippen molar-refractivity contribution >= 4 is 28.8 Å². The third-order valence-corrected chi connectivity index (χ3v) is 5.92. The van der Waals surface area contributed by atoms with Gasteiger partial charge in [-0.1, -0.05) is 17.8 Å². The Kier molecular flexibility index (Phi) is 6.82. The highest BCUT2D eigenvalue weighted by atomic mass is 32.2. The van der Waals surface area contributed by atoms with E-state index in [4.69, 9.17) is 4.74 Å². The Labute approximate surface area is 194 Å². The number of carbonyl (C=O) groups excluding carboxylic acids is 1. The maximum atomic E-state index is 14.1. The lowest BCUT2D eigenvalue weighted by Crippen LogP contribution is -2.07. The molecule has 0 aliphatic carbocycles. The van der Waals surface area contributed by atoms with E-state index in [2.05, 4.69) is 9.97 Å². The quantitative estimate of drug-likeness (QED) is 0.110. The fraction of sp³-hybridized carbons (Fsp3) is 0.174. The SMILES string of the molecule is CCOC(=O)c1ccc2c(c1)nc(SCc1c(F)c(F)c(F)c(F)c1F)n2Cc1ccccn1. The number of nitrogens with zero attached hydrogens (tertiary/aromatic N) is 3. The molecule has 34 heavy (non-hydrogen) atoms. The van der Waals surface area contributed by atoms with E-state index >= 15 is 0 Å². The van der Waals surface area contributed by atoms with Gasteiger partial charge in [-0.25, -0.2) is 31.7 Å². The molecule has 0 saturated heterocycles. The largest absolute Gasteiger partial charge is 0.462 e. The van der Waals surface area contributed by atoms with Crippen LogP contribution in [-0.2, 0) is 17.0 Å². The summed E-state index contributed by atoms with van der Waals surface area (Å²) in [4.78, 5) is 20.8. The first kappa shape index (κ1) is 23.7. The molecule has 0 aliphatic rings. The zero-order chi connectivity index (χ0) is 24.4. The minimum absolute atomic E-state index is 0.188. The average molecular weight is 493 g/mol. The molecular weight excluding hydrogens is 477 g/mol. The van der Waals surface area contributed by atoms with Crippen LogP contribution in [0, 0.1) is 29.1 Å². The smallest absolute Gasteiger partial charge is 0.338 e. The highest BCUT2D eigenvalue weighted by molar-refractivity contribution is 7.98. The first-order valence-corrected chi connectivity index (χ1v) is 11.0. The maximum Gasteiger partial charge on any atom is 0.338 e. The molecule has 0 unspecified atom stereocenters. The van der Waals surface area contributed by atoms with E-state index in [1.165, 1.54) is 6.07 Å². The van der Waals surface area contributed by atoms with Crippen LogP contribution in [0.5, 0.6) is 0 Å². The summed E-state index contributed by atoms with van der Waals surface area (Å²) in [5.41, 5.74) is 0.924. The molecule has 0 aliphatic heterocycles. The van der Waals surface area contributed by atoms with Gasteiger partial charge in [-0.3, -0.25) is 4.98 Å². The number of carbonyl (C=O) groups is 1. The Morgan fingerprint density at radius 3 is 2.35 bits per heavy atom. The number of benzene rings is 2. The molecule has 0 fully saturated rings. The van der Waals surface area contributed by atoms with Crippen LogP contribution in [0.2, 0.25) is 0 Å². The number of esters is 1. The number of rotatable bonds is 7. The van der Waals surface area contributed by atoms with E-state index in [0.29, 0.717) is 16.7 Å². The first-order valence-electron chi connectivity index (χ1n) is 10.0. The van der Waals surface area contributed by atoms with Crippen molar-refractivity contribution in [2.24, 2.45) is 0 Å². The predicted octanol–water partition coefficient (Wildman–Crippen LogP) is 5.64. The Bertz CT molecular complexity index is 1350. The van der Waals surface area contributed by atoms with Crippen molar-refractivity contribution < 1.29 is 31.5 Å². The topological polar surface area (TPSA) is 57.0 Å². The molecule has 4 rings (SSSR count). The summed E-state index contributed by atoms with van der Waals surface area (Å²) in [5.74, 6) is -11.1. The number of pyridine rings is 1. The number of aromatic nitrogens is 3. The zero-order valence-corrected chi connectivity index (χ0v) is 18.4. The van der Waals surface area contributed by atoms with Crippen LogP contribution in [0.3, 0.4) is 0 Å². The molecule has 4 aromatic rings. The van der Waals surface area contributed by atoms with Gasteiger partial charge in [-0.2, -0.15) is 0 Å². The van der Waals surface area contributed by atoms with E-state index in [9.17, 15) is 26.7 Å². The van der Waals surface area contributed by atoms with Crippen molar-refractivity contribution in [2.45, 2.75) is 24.4 Å². The molecule has 0 radical (unpaired) electrons. The van der Waals surface area contributed by atoms with Crippen LogP contribution in [0.15, 0.2) is 47.8 Å². The summed E-state index contributed by atoms with van der Waals surface area (Å²) in [5, 5.41) is 0.241. The predicted molar refractivity (Wildman–Crippen MR) is 115 cm³/mol. The zero-order valence-electron chi connectivity index (χ0n) is 17.6. The summed E-state index contributed by atoms with van der Waals surface area (Å²) in [6, 6.07) is 9.97. The molecule has 2 aromatic heterocycles. The molecule has 0 atom stereocenters. The number of imidazole rings is 1. The number of fused-ring (bicyclic) bond motifs is 1. The number of ether oxygens (including phenoxy) is 1. The van der Waals surface area contributed by atoms with Crippen LogP contribution in [0.4, 0.5) is 22.0 Å². The summed E-state index contributed by atoms with van der Waals surface area (Å²) >= 11 is 0.793.